The van der Waals surface area contributed by atoms with Gasteiger partial charge in [0.25, 0.3) is 0 Å². The molecule has 0 N–H and O–H groups in total. The lowest BCUT2D eigenvalue weighted by Gasteiger charge is -2.35. The number of alkyl halides is 2. The monoisotopic (exact) mass is 628 g/mol. The first kappa shape index (κ1) is 28.7. The smallest absolute Gasteiger partial charge is 0.177 e. The number of rotatable bonds is 4. The van der Waals surface area contributed by atoms with E-state index in [0.717, 1.165) is 90.5 Å². The lowest BCUT2D eigenvalue weighted by Crippen LogP contribution is -2.32. The van der Waals surface area contributed by atoms with Crippen LogP contribution in [0.2, 0.25) is 0 Å². The molecule has 2 atom stereocenters. The Balaban J connectivity index is 1.36. The van der Waals surface area contributed by atoms with Crippen molar-refractivity contribution in [1.82, 2.24) is 0 Å². The SMILES string of the molecule is FC1CCc2ccccc2N1c1ccc2c(-c3ccccc3)c3cc(N4c5ccccc5CCC4F)ccc3c(-c3ccccc3)c2c1. The summed E-state index contributed by atoms with van der Waals surface area (Å²) >= 11 is 0. The standard InChI is InChI=1S/C44H34F2N2/c45-41-25-19-29-11-7-9-17-39(29)47(41)33-22-24-36-37(27-33)43(31-13-3-1-4-14-31)35-23-21-34(28-38(35)44(36)32-15-5-2-6-16-32)48-40-18-10-8-12-30(40)20-26-42(48)46/h1-18,21-24,27-28,41-42H,19-20,25-26H2. The van der Waals surface area contributed by atoms with E-state index in [9.17, 15) is 0 Å². The Morgan fingerprint density at radius 2 is 0.812 bits per heavy atom. The van der Waals surface area contributed by atoms with E-state index in [-0.39, 0.29) is 0 Å². The minimum atomic E-state index is -1.12. The predicted octanol–water partition coefficient (Wildman–Crippen LogP) is 12.1. The van der Waals surface area contributed by atoms with Crippen molar-refractivity contribution in [3.8, 4) is 22.3 Å². The van der Waals surface area contributed by atoms with Crippen LogP contribution in [0.1, 0.15) is 24.0 Å². The highest BCUT2D eigenvalue weighted by molar-refractivity contribution is 6.22. The van der Waals surface area contributed by atoms with Crippen LogP contribution in [-0.2, 0) is 12.8 Å². The van der Waals surface area contributed by atoms with Crippen molar-refractivity contribution in [3.05, 3.63) is 157 Å². The third-order valence-corrected chi connectivity index (χ3v) is 10.1. The van der Waals surface area contributed by atoms with Crippen molar-refractivity contribution in [2.45, 2.75) is 38.3 Å². The maximum absolute atomic E-state index is 15.9. The molecule has 0 saturated carbocycles. The fourth-order valence-electron chi connectivity index (χ4n) is 7.96. The predicted molar refractivity (Wildman–Crippen MR) is 196 cm³/mol. The normalized spacial score (nSPS) is 17.4. The molecule has 234 valence electrons. The molecule has 4 heteroatoms. The molecule has 0 spiro atoms. The van der Waals surface area contributed by atoms with Crippen LogP contribution in [-0.4, -0.2) is 12.6 Å². The van der Waals surface area contributed by atoms with Gasteiger partial charge in [0.15, 0.2) is 12.6 Å². The van der Waals surface area contributed by atoms with Crippen LogP contribution in [0.25, 0.3) is 43.8 Å². The number of halogens is 2. The Kier molecular flexibility index (Phi) is 6.97. The van der Waals surface area contributed by atoms with Crippen LogP contribution < -0.4 is 9.80 Å². The zero-order valence-corrected chi connectivity index (χ0v) is 26.5. The van der Waals surface area contributed by atoms with Gasteiger partial charge in [-0.3, -0.25) is 0 Å². The van der Waals surface area contributed by atoms with E-state index in [2.05, 4.69) is 97.1 Å². The molecule has 7 aromatic carbocycles. The molecular weight excluding hydrogens is 594 g/mol. The van der Waals surface area contributed by atoms with Crippen molar-refractivity contribution in [3.63, 3.8) is 0 Å². The van der Waals surface area contributed by atoms with Crippen LogP contribution in [0.4, 0.5) is 31.5 Å². The third kappa shape index (κ3) is 4.66. The molecule has 2 aliphatic heterocycles. The van der Waals surface area contributed by atoms with Gasteiger partial charge in [0.1, 0.15) is 0 Å². The summed E-state index contributed by atoms with van der Waals surface area (Å²) in [7, 11) is 0. The number of hydrogen-bond donors (Lipinski definition) is 0. The van der Waals surface area contributed by atoms with Gasteiger partial charge in [-0.2, -0.15) is 0 Å². The van der Waals surface area contributed by atoms with Crippen LogP contribution >= 0.6 is 0 Å². The summed E-state index contributed by atoms with van der Waals surface area (Å²) in [6.45, 7) is 0. The Morgan fingerprint density at radius 3 is 1.25 bits per heavy atom. The van der Waals surface area contributed by atoms with Crippen molar-refractivity contribution in [2.24, 2.45) is 0 Å². The van der Waals surface area contributed by atoms with E-state index >= 15 is 8.78 Å². The zero-order valence-electron chi connectivity index (χ0n) is 26.5. The average Bonchev–Trinajstić information content (AvgIpc) is 3.14. The van der Waals surface area contributed by atoms with Crippen molar-refractivity contribution < 1.29 is 8.78 Å². The zero-order chi connectivity index (χ0) is 32.2. The quantitative estimate of drug-likeness (QED) is 0.141. The molecule has 2 nitrogen and oxygen atoms in total. The highest BCUT2D eigenvalue weighted by Gasteiger charge is 2.30. The minimum Gasteiger partial charge on any atom is -0.311 e. The number of nitrogens with zero attached hydrogens (tertiary/aromatic N) is 2. The van der Waals surface area contributed by atoms with Gasteiger partial charge >= 0.3 is 0 Å². The summed E-state index contributed by atoms with van der Waals surface area (Å²) in [5.41, 5.74) is 10.2. The number of hydrogen-bond acceptors (Lipinski definition) is 2. The summed E-state index contributed by atoms with van der Waals surface area (Å²) < 4.78 is 31.8. The van der Waals surface area contributed by atoms with Crippen molar-refractivity contribution in [2.75, 3.05) is 9.80 Å². The summed E-state index contributed by atoms with van der Waals surface area (Å²) in [4.78, 5) is 3.72. The second kappa shape index (κ2) is 11.6. The fraction of sp³-hybridized carbons (Fsp3) is 0.136. The largest absolute Gasteiger partial charge is 0.311 e. The second-order valence-electron chi connectivity index (χ2n) is 12.9. The minimum absolute atomic E-state index is 0.450. The van der Waals surface area contributed by atoms with Gasteiger partial charge in [-0.25, -0.2) is 8.78 Å². The summed E-state index contributed by atoms with van der Waals surface area (Å²) in [6, 6.07) is 50.0. The van der Waals surface area contributed by atoms with Gasteiger partial charge in [0.2, 0.25) is 0 Å². The number of anilines is 4. The van der Waals surface area contributed by atoms with Crippen molar-refractivity contribution in [1.29, 1.82) is 0 Å². The molecule has 0 amide bonds. The van der Waals surface area contributed by atoms with E-state index in [4.69, 9.17) is 0 Å². The lowest BCUT2D eigenvalue weighted by atomic mass is 9.85. The molecule has 0 saturated heterocycles. The highest BCUT2D eigenvalue weighted by Crippen LogP contribution is 2.48. The summed E-state index contributed by atoms with van der Waals surface area (Å²) in [5.74, 6) is 0. The van der Waals surface area contributed by atoms with E-state index in [1.54, 1.807) is 0 Å². The lowest BCUT2D eigenvalue weighted by molar-refractivity contribution is 0.311. The maximum atomic E-state index is 15.9. The van der Waals surface area contributed by atoms with Crippen LogP contribution in [0.5, 0.6) is 0 Å². The number of para-hydroxylation sites is 2. The second-order valence-corrected chi connectivity index (χ2v) is 12.9. The fourth-order valence-corrected chi connectivity index (χ4v) is 7.96. The van der Waals surface area contributed by atoms with E-state index in [0.29, 0.717) is 12.8 Å². The van der Waals surface area contributed by atoms with E-state index in [1.807, 2.05) is 58.3 Å². The Morgan fingerprint density at radius 1 is 0.417 bits per heavy atom. The maximum Gasteiger partial charge on any atom is 0.177 e. The first-order valence-corrected chi connectivity index (χ1v) is 16.8. The van der Waals surface area contributed by atoms with Crippen LogP contribution in [0.15, 0.2) is 146 Å². The molecule has 2 aliphatic rings. The highest BCUT2D eigenvalue weighted by atomic mass is 19.1. The summed E-state index contributed by atoms with van der Waals surface area (Å²) in [6.07, 6.45) is 0.119. The molecule has 0 aromatic heterocycles. The number of benzene rings is 7. The topological polar surface area (TPSA) is 6.48 Å². The molecule has 48 heavy (non-hydrogen) atoms. The molecule has 0 aliphatic carbocycles. The molecule has 0 bridgehead atoms. The Hall–Kier alpha value is -5.48. The van der Waals surface area contributed by atoms with Gasteiger partial charge in [0, 0.05) is 35.6 Å². The molecular formula is C44H34F2N2. The van der Waals surface area contributed by atoms with E-state index in [1.165, 1.54) is 0 Å². The summed E-state index contributed by atoms with van der Waals surface area (Å²) in [5, 5.41) is 4.26. The first-order chi connectivity index (χ1) is 23.7. The molecule has 0 fully saturated rings. The molecule has 0 radical (unpaired) electrons. The van der Waals surface area contributed by atoms with Gasteiger partial charge in [-0.05, 0) is 104 Å². The molecule has 9 rings (SSSR count). The van der Waals surface area contributed by atoms with Crippen LogP contribution in [0.3, 0.4) is 0 Å². The van der Waals surface area contributed by atoms with Gasteiger partial charge < -0.3 is 9.80 Å². The van der Waals surface area contributed by atoms with Gasteiger partial charge in [0.05, 0.1) is 0 Å². The number of fused-ring (bicyclic) bond motifs is 4. The Bertz CT molecular complexity index is 2140. The molecule has 2 heterocycles. The van der Waals surface area contributed by atoms with Gasteiger partial charge in [-0.15, -0.1) is 0 Å². The molecule has 2 unspecified atom stereocenters. The first-order valence-electron chi connectivity index (χ1n) is 16.8. The van der Waals surface area contributed by atoms with Crippen LogP contribution in [0, 0.1) is 0 Å². The van der Waals surface area contributed by atoms with E-state index < -0.39 is 12.6 Å². The van der Waals surface area contributed by atoms with Crippen molar-refractivity contribution >= 4 is 44.3 Å². The number of aryl methyl sites for hydroxylation is 2. The third-order valence-electron chi connectivity index (χ3n) is 10.1. The average molecular weight is 629 g/mol. The molecule has 7 aromatic rings. The van der Waals surface area contributed by atoms with Gasteiger partial charge in [-0.1, -0.05) is 109 Å². The Labute approximate surface area is 279 Å².